The molecular weight excluding hydrogens is 373 g/mol. The van der Waals surface area contributed by atoms with Gasteiger partial charge in [0.05, 0.1) is 15.8 Å². The van der Waals surface area contributed by atoms with Crippen LogP contribution in [0.3, 0.4) is 0 Å². The van der Waals surface area contributed by atoms with Gasteiger partial charge in [-0.2, -0.15) is 0 Å². The lowest BCUT2D eigenvalue weighted by Gasteiger charge is -2.14. The minimum absolute atomic E-state index is 0.232. The van der Waals surface area contributed by atoms with Crippen LogP contribution in [0.25, 0.3) is 10.1 Å². The number of carbonyl (C=O) groups is 1. The van der Waals surface area contributed by atoms with Crippen LogP contribution in [0.1, 0.15) is 33.8 Å². The molecule has 0 saturated carbocycles. The van der Waals surface area contributed by atoms with Gasteiger partial charge in [-0.3, -0.25) is 4.79 Å². The number of hydrogen-bond donors (Lipinski definition) is 1. The molecule has 0 aliphatic rings. The van der Waals surface area contributed by atoms with Crippen molar-refractivity contribution in [1.82, 2.24) is 5.32 Å². The minimum atomic E-state index is -3.26. The summed E-state index contributed by atoms with van der Waals surface area (Å²) in [6, 6.07) is 10.9. The van der Waals surface area contributed by atoms with E-state index >= 15 is 0 Å². The van der Waals surface area contributed by atoms with Gasteiger partial charge in [-0.15, -0.1) is 11.3 Å². The number of sulfone groups is 1. The number of amides is 1. The Balaban J connectivity index is 1.84. The highest BCUT2D eigenvalue weighted by Crippen LogP contribution is 2.32. The molecule has 0 saturated heterocycles. The summed E-state index contributed by atoms with van der Waals surface area (Å²) in [4.78, 5) is 13.3. The number of thiophene rings is 1. The van der Waals surface area contributed by atoms with E-state index < -0.39 is 9.84 Å². The lowest BCUT2D eigenvalue weighted by atomic mass is 10.1. The average molecular weight is 391 g/mol. The van der Waals surface area contributed by atoms with Crippen LogP contribution in [-0.2, 0) is 9.84 Å². The first-order valence-electron chi connectivity index (χ1n) is 7.97. The third-order valence-corrected chi connectivity index (χ3v) is 6.65. The predicted octanol–water partition coefficient (Wildman–Crippen LogP) is 4.24. The molecule has 3 rings (SSSR count). The summed E-state index contributed by atoms with van der Waals surface area (Å²) < 4.78 is 37.8. The van der Waals surface area contributed by atoms with Crippen LogP contribution in [0, 0.1) is 12.7 Å². The average Bonchev–Trinajstić information content (AvgIpc) is 2.92. The Morgan fingerprint density at radius 3 is 2.38 bits per heavy atom. The molecular formula is C19H18FNO3S2. The van der Waals surface area contributed by atoms with Crippen LogP contribution in [-0.4, -0.2) is 20.6 Å². The van der Waals surface area contributed by atoms with Crippen molar-refractivity contribution < 1.29 is 17.6 Å². The smallest absolute Gasteiger partial charge is 0.262 e. The number of benzene rings is 2. The van der Waals surface area contributed by atoms with E-state index in [1.54, 1.807) is 31.2 Å². The fourth-order valence-corrected chi connectivity index (χ4v) is 4.58. The lowest BCUT2D eigenvalue weighted by molar-refractivity contribution is 0.0943. The van der Waals surface area contributed by atoms with Gasteiger partial charge in [0, 0.05) is 16.3 Å². The lowest BCUT2D eigenvalue weighted by Crippen LogP contribution is -2.26. The van der Waals surface area contributed by atoms with Crippen LogP contribution in [0.5, 0.6) is 0 Å². The first kappa shape index (κ1) is 18.5. The Kier molecular flexibility index (Phi) is 4.86. The molecule has 7 heteroatoms. The molecule has 0 aliphatic carbocycles. The van der Waals surface area contributed by atoms with Gasteiger partial charge in [-0.1, -0.05) is 18.2 Å². The van der Waals surface area contributed by atoms with Gasteiger partial charge >= 0.3 is 0 Å². The highest BCUT2D eigenvalue weighted by molar-refractivity contribution is 7.90. The van der Waals surface area contributed by atoms with E-state index in [1.807, 2.05) is 6.92 Å². The number of fused-ring (bicyclic) bond motifs is 1. The minimum Gasteiger partial charge on any atom is -0.345 e. The van der Waals surface area contributed by atoms with Crippen LogP contribution < -0.4 is 5.32 Å². The number of carbonyl (C=O) groups excluding carboxylic acids is 1. The Hall–Kier alpha value is -2.25. The van der Waals surface area contributed by atoms with E-state index in [-0.39, 0.29) is 22.7 Å². The second-order valence-corrected chi connectivity index (χ2v) is 9.27. The normalized spacial score (nSPS) is 12.9. The SMILES string of the molecule is Cc1c(C(=O)NC(C)c2ccc(S(C)(=O)=O)cc2)sc2cccc(F)c12. The molecule has 0 spiro atoms. The topological polar surface area (TPSA) is 63.2 Å². The summed E-state index contributed by atoms with van der Waals surface area (Å²) in [5.41, 5.74) is 1.41. The van der Waals surface area contributed by atoms with Gasteiger partial charge in [0.25, 0.3) is 5.91 Å². The zero-order valence-corrected chi connectivity index (χ0v) is 16.2. The van der Waals surface area contributed by atoms with Crippen LogP contribution in [0.15, 0.2) is 47.4 Å². The first-order chi connectivity index (χ1) is 12.2. The summed E-state index contributed by atoms with van der Waals surface area (Å²) >= 11 is 1.26. The molecule has 2 aromatic carbocycles. The van der Waals surface area contributed by atoms with E-state index in [0.717, 1.165) is 16.5 Å². The molecule has 136 valence electrons. The monoisotopic (exact) mass is 391 g/mol. The van der Waals surface area contributed by atoms with Crippen LogP contribution in [0.2, 0.25) is 0 Å². The second kappa shape index (κ2) is 6.81. The fourth-order valence-electron chi connectivity index (χ4n) is 2.82. The van der Waals surface area contributed by atoms with Gasteiger partial charge in [0.1, 0.15) is 5.82 Å². The number of aryl methyl sites for hydroxylation is 1. The summed E-state index contributed by atoms with van der Waals surface area (Å²) in [6.07, 6.45) is 1.15. The zero-order chi connectivity index (χ0) is 19.1. The van der Waals surface area contributed by atoms with Crippen molar-refractivity contribution in [2.75, 3.05) is 6.26 Å². The summed E-state index contributed by atoms with van der Waals surface area (Å²) in [5, 5.41) is 3.37. The number of rotatable bonds is 4. The van der Waals surface area contributed by atoms with Gasteiger partial charge in [-0.25, -0.2) is 12.8 Å². The summed E-state index contributed by atoms with van der Waals surface area (Å²) in [5.74, 6) is -0.609. The largest absolute Gasteiger partial charge is 0.345 e. The number of halogens is 1. The van der Waals surface area contributed by atoms with E-state index in [2.05, 4.69) is 5.32 Å². The van der Waals surface area contributed by atoms with Crippen molar-refractivity contribution >= 4 is 37.2 Å². The second-order valence-electron chi connectivity index (χ2n) is 6.21. The molecule has 26 heavy (non-hydrogen) atoms. The molecule has 1 atom stereocenters. The standard InChI is InChI=1S/C19H18FNO3S2/c1-11-17-15(20)5-4-6-16(17)25-18(11)19(22)21-12(2)13-7-9-14(10-8-13)26(3,23)24/h4-10,12H,1-3H3,(H,21,22). The number of hydrogen-bond acceptors (Lipinski definition) is 4. The molecule has 3 aromatic rings. The third-order valence-electron chi connectivity index (χ3n) is 4.27. The molecule has 1 aromatic heterocycles. The molecule has 1 heterocycles. The van der Waals surface area contributed by atoms with Crippen molar-refractivity contribution in [2.45, 2.75) is 24.8 Å². The van der Waals surface area contributed by atoms with Crippen LogP contribution in [0.4, 0.5) is 4.39 Å². The molecule has 4 nitrogen and oxygen atoms in total. The zero-order valence-electron chi connectivity index (χ0n) is 14.5. The summed E-state index contributed by atoms with van der Waals surface area (Å²) in [6.45, 7) is 3.55. The fraction of sp³-hybridized carbons (Fsp3) is 0.211. The van der Waals surface area contributed by atoms with Gasteiger partial charge in [-0.05, 0) is 49.2 Å². The molecule has 0 aliphatic heterocycles. The number of nitrogens with one attached hydrogen (secondary N) is 1. The Bertz CT molecular complexity index is 1090. The van der Waals surface area contributed by atoms with E-state index in [0.29, 0.717) is 15.8 Å². The maximum Gasteiger partial charge on any atom is 0.262 e. The molecule has 0 radical (unpaired) electrons. The molecule has 1 unspecified atom stereocenters. The Morgan fingerprint density at radius 2 is 1.81 bits per heavy atom. The quantitative estimate of drug-likeness (QED) is 0.723. The van der Waals surface area contributed by atoms with Crippen molar-refractivity contribution in [2.24, 2.45) is 0 Å². The third kappa shape index (κ3) is 3.50. The van der Waals surface area contributed by atoms with E-state index in [9.17, 15) is 17.6 Å². The van der Waals surface area contributed by atoms with Crippen molar-refractivity contribution in [3.8, 4) is 0 Å². The summed E-state index contributed by atoms with van der Waals surface area (Å²) in [7, 11) is -3.26. The van der Waals surface area contributed by atoms with Gasteiger partial charge in [0.2, 0.25) is 0 Å². The Labute approximate surface area is 155 Å². The molecule has 1 N–H and O–H groups in total. The maximum absolute atomic E-state index is 14.0. The van der Waals surface area contributed by atoms with Crippen LogP contribution >= 0.6 is 11.3 Å². The van der Waals surface area contributed by atoms with Crippen molar-refractivity contribution in [3.63, 3.8) is 0 Å². The van der Waals surface area contributed by atoms with E-state index in [4.69, 9.17) is 0 Å². The Morgan fingerprint density at radius 1 is 1.15 bits per heavy atom. The maximum atomic E-state index is 14.0. The molecule has 0 bridgehead atoms. The van der Waals surface area contributed by atoms with Gasteiger partial charge in [0.15, 0.2) is 9.84 Å². The van der Waals surface area contributed by atoms with Crippen molar-refractivity contribution in [3.05, 3.63) is 64.3 Å². The predicted molar refractivity (Wildman–Crippen MR) is 102 cm³/mol. The first-order valence-corrected chi connectivity index (χ1v) is 10.7. The highest BCUT2D eigenvalue weighted by atomic mass is 32.2. The van der Waals surface area contributed by atoms with Gasteiger partial charge < -0.3 is 5.32 Å². The molecule has 1 amide bonds. The van der Waals surface area contributed by atoms with Crippen molar-refractivity contribution in [1.29, 1.82) is 0 Å². The highest BCUT2D eigenvalue weighted by Gasteiger charge is 2.19. The van der Waals surface area contributed by atoms with E-state index in [1.165, 1.54) is 29.5 Å². The molecule has 0 fully saturated rings.